The van der Waals surface area contributed by atoms with Gasteiger partial charge in [-0.05, 0) is 36.8 Å². The molecule has 0 saturated carbocycles. The monoisotopic (exact) mass is 562 g/mol. The summed E-state index contributed by atoms with van der Waals surface area (Å²) in [5.41, 5.74) is 1.50. The predicted octanol–water partition coefficient (Wildman–Crippen LogP) is 2.67. The topological polar surface area (TPSA) is 90.9 Å². The van der Waals surface area contributed by atoms with E-state index in [1.54, 1.807) is 26.2 Å². The number of carbonyl (C=O) groups is 1. The van der Waals surface area contributed by atoms with Crippen molar-refractivity contribution in [3.05, 3.63) is 65.5 Å². The average molecular weight is 562 g/mol. The quantitative estimate of drug-likeness (QED) is 0.294. The number of rotatable bonds is 8. The molecule has 0 unspecified atom stereocenters. The Hall–Kier alpha value is -2.21. The van der Waals surface area contributed by atoms with Crippen LogP contribution in [0.15, 0.2) is 58.4 Å². The third kappa shape index (κ3) is 8.09. The number of aliphatic imine (C=N–C) groups is 1. The molecule has 2 N–H and O–H groups in total. The molecule has 0 fully saturated rings. The summed E-state index contributed by atoms with van der Waals surface area (Å²) >= 11 is 0. The summed E-state index contributed by atoms with van der Waals surface area (Å²) < 4.78 is 38.4. The van der Waals surface area contributed by atoms with E-state index >= 15 is 0 Å². The SMILES string of the molecule is CCNC(=NCc1ccc(C(=O)N(C)C)cc1)NCCS(=O)(=O)c1ccccc1F.I. The number of nitrogens with zero attached hydrogens (tertiary/aromatic N) is 2. The fourth-order valence-corrected chi connectivity index (χ4v) is 3.88. The highest BCUT2D eigenvalue weighted by atomic mass is 127. The zero-order valence-corrected chi connectivity index (χ0v) is 20.9. The minimum atomic E-state index is -3.74. The van der Waals surface area contributed by atoms with Crippen molar-refractivity contribution in [3.8, 4) is 0 Å². The Kier molecular flexibility index (Phi) is 10.9. The molecule has 10 heteroatoms. The Labute approximate surface area is 200 Å². The van der Waals surface area contributed by atoms with E-state index in [-0.39, 0.29) is 47.1 Å². The van der Waals surface area contributed by atoms with E-state index in [0.29, 0.717) is 24.6 Å². The molecule has 0 bridgehead atoms. The van der Waals surface area contributed by atoms with Gasteiger partial charge in [-0.3, -0.25) is 4.79 Å². The Bertz CT molecular complexity index is 996. The molecule has 0 aliphatic carbocycles. The van der Waals surface area contributed by atoms with Crippen molar-refractivity contribution in [2.45, 2.75) is 18.4 Å². The second-order valence-electron chi connectivity index (χ2n) is 6.77. The number of carbonyl (C=O) groups excluding carboxylic acids is 1. The third-order valence-electron chi connectivity index (χ3n) is 4.21. The van der Waals surface area contributed by atoms with E-state index in [4.69, 9.17) is 0 Å². The van der Waals surface area contributed by atoms with Crippen LogP contribution in [0.5, 0.6) is 0 Å². The molecule has 0 heterocycles. The smallest absolute Gasteiger partial charge is 0.253 e. The normalized spacial score (nSPS) is 11.4. The highest BCUT2D eigenvalue weighted by molar-refractivity contribution is 14.0. The number of sulfone groups is 1. The standard InChI is InChI=1S/C21H27FN4O3S.HI/c1-4-23-21(24-13-14-30(28,29)19-8-6-5-7-18(19)22)25-15-16-9-11-17(12-10-16)20(27)26(2)3;/h5-12H,4,13-15H2,1-3H3,(H2,23,24,25);1H. The highest BCUT2D eigenvalue weighted by Crippen LogP contribution is 2.14. The van der Waals surface area contributed by atoms with Crippen molar-refractivity contribution >= 4 is 45.7 Å². The predicted molar refractivity (Wildman–Crippen MR) is 131 cm³/mol. The summed E-state index contributed by atoms with van der Waals surface area (Å²) in [7, 11) is -0.353. The van der Waals surface area contributed by atoms with Crippen molar-refractivity contribution in [1.82, 2.24) is 15.5 Å². The number of benzene rings is 2. The van der Waals surface area contributed by atoms with Crippen molar-refractivity contribution in [2.24, 2.45) is 4.99 Å². The largest absolute Gasteiger partial charge is 0.357 e. The summed E-state index contributed by atoms with van der Waals surface area (Å²) in [5.74, 6) is -0.639. The van der Waals surface area contributed by atoms with E-state index < -0.39 is 15.7 Å². The molecule has 0 radical (unpaired) electrons. The van der Waals surface area contributed by atoms with Crippen LogP contribution in [0.4, 0.5) is 4.39 Å². The van der Waals surface area contributed by atoms with Gasteiger partial charge in [-0.2, -0.15) is 0 Å². The van der Waals surface area contributed by atoms with E-state index in [0.717, 1.165) is 11.6 Å². The lowest BCUT2D eigenvalue weighted by Crippen LogP contribution is -2.39. The molecule has 0 aliphatic heterocycles. The lowest BCUT2D eigenvalue weighted by molar-refractivity contribution is 0.0827. The molecule has 0 spiro atoms. The van der Waals surface area contributed by atoms with Crippen LogP contribution in [0.2, 0.25) is 0 Å². The molecule has 0 saturated heterocycles. The third-order valence-corrected chi connectivity index (χ3v) is 5.95. The molecule has 7 nitrogen and oxygen atoms in total. The maximum atomic E-state index is 13.8. The summed E-state index contributed by atoms with van der Waals surface area (Å²) in [6.07, 6.45) is 0. The average Bonchev–Trinajstić information content (AvgIpc) is 2.72. The van der Waals surface area contributed by atoms with Crippen LogP contribution in [-0.4, -0.2) is 58.1 Å². The van der Waals surface area contributed by atoms with E-state index in [9.17, 15) is 17.6 Å². The van der Waals surface area contributed by atoms with E-state index in [1.807, 2.05) is 19.1 Å². The lowest BCUT2D eigenvalue weighted by atomic mass is 10.1. The number of hydrogen-bond donors (Lipinski definition) is 2. The second-order valence-corrected chi connectivity index (χ2v) is 8.85. The lowest BCUT2D eigenvalue weighted by Gasteiger charge is -2.12. The summed E-state index contributed by atoms with van der Waals surface area (Å²) in [6, 6.07) is 12.5. The number of halogens is 2. The Morgan fingerprint density at radius 2 is 1.71 bits per heavy atom. The fourth-order valence-electron chi connectivity index (χ4n) is 2.63. The first-order chi connectivity index (χ1) is 14.2. The van der Waals surface area contributed by atoms with Gasteiger partial charge in [0.25, 0.3) is 5.91 Å². The van der Waals surface area contributed by atoms with E-state index in [2.05, 4.69) is 15.6 Å². The molecule has 0 aromatic heterocycles. The van der Waals surface area contributed by atoms with Crippen molar-refractivity contribution in [3.63, 3.8) is 0 Å². The molecule has 31 heavy (non-hydrogen) atoms. The number of nitrogens with one attached hydrogen (secondary N) is 2. The van der Waals surface area contributed by atoms with Crippen LogP contribution in [0, 0.1) is 5.82 Å². The Balaban J connectivity index is 0.00000480. The first kappa shape index (κ1) is 26.8. The number of hydrogen-bond acceptors (Lipinski definition) is 4. The maximum Gasteiger partial charge on any atom is 0.253 e. The van der Waals surface area contributed by atoms with Crippen LogP contribution in [0.25, 0.3) is 0 Å². The molecular weight excluding hydrogens is 534 g/mol. The summed E-state index contributed by atoms with van der Waals surface area (Å²) in [5, 5.41) is 6.00. The van der Waals surface area contributed by atoms with Gasteiger partial charge in [-0.15, -0.1) is 24.0 Å². The minimum absolute atomic E-state index is 0. The van der Waals surface area contributed by atoms with Gasteiger partial charge in [0.2, 0.25) is 0 Å². The van der Waals surface area contributed by atoms with Crippen molar-refractivity contribution in [2.75, 3.05) is 32.9 Å². The molecule has 0 aliphatic rings. The van der Waals surface area contributed by atoms with Gasteiger partial charge in [0, 0.05) is 32.7 Å². The van der Waals surface area contributed by atoms with Gasteiger partial charge in [0.15, 0.2) is 15.8 Å². The molecule has 0 atom stereocenters. The molecule has 2 aromatic carbocycles. The van der Waals surface area contributed by atoms with Crippen molar-refractivity contribution in [1.29, 1.82) is 0 Å². The van der Waals surface area contributed by atoms with Gasteiger partial charge in [-0.25, -0.2) is 17.8 Å². The van der Waals surface area contributed by atoms with Gasteiger partial charge < -0.3 is 15.5 Å². The molecule has 170 valence electrons. The van der Waals surface area contributed by atoms with Gasteiger partial charge in [-0.1, -0.05) is 24.3 Å². The van der Waals surface area contributed by atoms with Gasteiger partial charge >= 0.3 is 0 Å². The highest BCUT2D eigenvalue weighted by Gasteiger charge is 2.18. The van der Waals surface area contributed by atoms with Crippen LogP contribution in [0.1, 0.15) is 22.8 Å². The second kappa shape index (κ2) is 12.6. The van der Waals surface area contributed by atoms with Crippen LogP contribution in [-0.2, 0) is 16.4 Å². The molecular formula is C21H28FIN4O3S. The maximum absolute atomic E-state index is 13.8. The Morgan fingerprint density at radius 1 is 1.06 bits per heavy atom. The fraction of sp³-hybridized carbons (Fsp3) is 0.333. The van der Waals surface area contributed by atoms with Gasteiger partial charge in [0.05, 0.1) is 12.3 Å². The zero-order valence-electron chi connectivity index (χ0n) is 17.8. The molecule has 2 aromatic rings. The summed E-state index contributed by atoms with van der Waals surface area (Å²) in [6.45, 7) is 2.93. The molecule has 1 amide bonds. The number of guanidine groups is 1. The van der Waals surface area contributed by atoms with Gasteiger partial charge in [0.1, 0.15) is 10.7 Å². The van der Waals surface area contributed by atoms with Crippen LogP contribution < -0.4 is 10.6 Å². The first-order valence-electron chi connectivity index (χ1n) is 9.54. The Morgan fingerprint density at radius 3 is 2.29 bits per heavy atom. The van der Waals surface area contributed by atoms with Crippen LogP contribution >= 0.6 is 24.0 Å². The zero-order chi connectivity index (χ0) is 22.1. The number of amides is 1. The molecule has 2 rings (SSSR count). The van der Waals surface area contributed by atoms with Crippen molar-refractivity contribution < 1.29 is 17.6 Å². The minimum Gasteiger partial charge on any atom is -0.357 e. The van der Waals surface area contributed by atoms with Crippen LogP contribution in [0.3, 0.4) is 0 Å². The summed E-state index contributed by atoms with van der Waals surface area (Å²) in [4.78, 5) is 17.6. The van der Waals surface area contributed by atoms with E-state index in [1.165, 1.54) is 23.1 Å². The first-order valence-corrected chi connectivity index (χ1v) is 11.2.